The molecule has 19 heavy (non-hydrogen) atoms. The number of carbonyl (C=O) groups is 1. The van der Waals surface area contributed by atoms with E-state index < -0.39 is 0 Å². The van der Waals surface area contributed by atoms with Gasteiger partial charge in [0.25, 0.3) is 0 Å². The Morgan fingerprint density at radius 1 is 1.42 bits per heavy atom. The molecule has 1 aromatic carbocycles. The fraction of sp³-hybridized carbons (Fsp3) is 0.500. The van der Waals surface area contributed by atoms with Crippen LogP contribution < -0.4 is 5.32 Å². The molecule has 3 nitrogen and oxygen atoms in total. The van der Waals surface area contributed by atoms with Gasteiger partial charge in [0.2, 0.25) is 5.91 Å². The molecule has 0 saturated carbocycles. The van der Waals surface area contributed by atoms with Gasteiger partial charge in [-0.3, -0.25) is 4.79 Å². The first-order valence-corrected chi connectivity index (χ1v) is 7.88. The van der Waals surface area contributed by atoms with Crippen LogP contribution in [-0.4, -0.2) is 35.7 Å². The van der Waals surface area contributed by atoms with E-state index in [1.807, 2.05) is 36.1 Å². The molecule has 104 valence electrons. The van der Waals surface area contributed by atoms with Gasteiger partial charge >= 0.3 is 0 Å². The van der Waals surface area contributed by atoms with Crippen molar-refractivity contribution >= 4 is 29.3 Å². The Kier molecular flexibility index (Phi) is 5.13. The predicted molar refractivity (Wildman–Crippen MR) is 81.5 cm³/mol. The zero-order valence-electron chi connectivity index (χ0n) is 11.2. The Bertz CT molecular complexity index is 455. The van der Waals surface area contributed by atoms with Crippen LogP contribution >= 0.6 is 23.4 Å². The molecule has 1 aliphatic rings. The van der Waals surface area contributed by atoms with Crippen molar-refractivity contribution in [2.24, 2.45) is 0 Å². The summed E-state index contributed by atoms with van der Waals surface area (Å²) in [6.45, 7) is 6.48. The van der Waals surface area contributed by atoms with E-state index in [4.69, 9.17) is 11.6 Å². The number of nitrogens with one attached hydrogen (secondary N) is 1. The molecular weight excluding hydrogens is 280 g/mol. The second-order valence-corrected chi connectivity index (χ2v) is 6.37. The standard InChI is InChI=1S/C14H19ClN2OS/c1-3-16-8-9-17-13(18)10(2)19-14(17)11-6-4-5-7-12(11)15/h4-7,10,14,16H,3,8-9H2,1-2H3/t10-,14-/m1/s1. The summed E-state index contributed by atoms with van der Waals surface area (Å²) in [5.41, 5.74) is 1.03. The number of halogens is 1. The molecular formula is C14H19ClN2OS. The van der Waals surface area contributed by atoms with Gasteiger partial charge in [-0.1, -0.05) is 36.7 Å². The summed E-state index contributed by atoms with van der Waals surface area (Å²) in [7, 11) is 0. The number of amides is 1. The molecule has 1 aromatic rings. The third-order valence-corrected chi connectivity index (χ3v) is 4.92. The Hall–Kier alpha value is -0.710. The number of nitrogens with zero attached hydrogens (tertiary/aromatic N) is 1. The van der Waals surface area contributed by atoms with Gasteiger partial charge in [0, 0.05) is 23.7 Å². The minimum Gasteiger partial charge on any atom is -0.324 e. The number of benzene rings is 1. The summed E-state index contributed by atoms with van der Waals surface area (Å²) in [6, 6.07) is 7.77. The largest absolute Gasteiger partial charge is 0.324 e. The normalized spacial score (nSPS) is 23.1. The van der Waals surface area contributed by atoms with Crippen LogP contribution in [0.15, 0.2) is 24.3 Å². The van der Waals surface area contributed by atoms with Crippen molar-refractivity contribution in [1.82, 2.24) is 10.2 Å². The molecule has 1 saturated heterocycles. The van der Waals surface area contributed by atoms with Crippen LogP contribution in [0.1, 0.15) is 24.8 Å². The molecule has 1 amide bonds. The first-order chi connectivity index (χ1) is 9.15. The quantitative estimate of drug-likeness (QED) is 0.848. The number of hydrogen-bond donors (Lipinski definition) is 1. The van der Waals surface area contributed by atoms with Crippen LogP contribution in [0, 0.1) is 0 Å². The topological polar surface area (TPSA) is 32.3 Å². The van der Waals surface area contributed by atoms with Crippen molar-refractivity contribution in [2.45, 2.75) is 24.5 Å². The molecule has 0 bridgehead atoms. The van der Waals surface area contributed by atoms with E-state index in [9.17, 15) is 4.79 Å². The number of carbonyl (C=O) groups excluding carboxylic acids is 1. The van der Waals surface area contributed by atoms with E-state index in [0.717, 1.165) is 30.2 Å². The van der Waals surface area contributed by atoms with Crippen LogP contribution in [0.5, 0.6) is 0 Å². The second kappa shape index (κ2) is 6.64. The van der Waals surface area contributed by atoms with Crippen molar-refractivity contribution < 1.29 is 4.79 Å². The Labute approximate surface area is 123 Å². The average Bonchev–Trinajstić information content (AvgIpc) is 2.68. The van der Waals surface area contributed by atoms with Crippen LogP contribution in [0.2, 0.25) is 5.02 Å². The summed E-state index contributed by atoms with van der Waals surface area (Å²) < 4.78 is 0. The van der Waals surface area contributed by atoms with E-state index in [-0.39, 0.29) is 16.5 Å². The highest BCUT2D eigenvalue weighted by Crippen LogP contribution is 2.44. The van der Waals surface area contributed by atoms with Gasteiger partial charge in [0.1, 0.15) is 5.37 Å². The number of rotatable bonds is 5. The molecule has 5 heteroatoms. The zero-order chi connectivity index (χ0) is 13.8. The van der Waals surface area contributed by atoms with Gasteiger partial charge in [-0.2, -0.15) is 0 Å². The highest BCUT2D eigenvalue weighted by atomic mass is 35.5. The van der Waals surface area contributed by atoms with Crippen LogP contribution in [0.25, 0.3) is 0 Å². The molecule has 1 N–H and O–H groups in total. The van der Waals surface area contributed by atoms with Crippen molar-refractivity contribution in [3.63, 3.8) is 0 Å². The lowest BCUT2D eigenvalue weighted by Crippen LogP contribution is -2.36. The van der Waals surface area contributed by atoms with Crippen molar-refractivity contribution in [3.05, 3.63) is 34.9 Å². The Morgan fingerprint density at radius 2 is 2.16 bits per heavy atom. The monoisotopic (exact) mass is 298 g/mol. The third kappa shape index (κ3) is 3.25. The van der Waals surface area contributed by atoms with E-state index in [1.54, 1.807) is 11.8 Å². The molecule has 1 aliphatic heterocycles. The van der Waals surface area contributed by atoms with Gasteiger partial charge < -0.3 is 10.2 Å². The summed E-state index contributed by atoms with van der Waals surface area (Å²) in [6.07, 6.45) is 0. The molecule has 0 spiro atoms. The Morgan fingerprint density at radius 3 is 2.84 bits per heavy atom. The van der Waals surface area contributed by atoms with E-state index in [1.165, 1.54) is 0 Å². The molecule has 0 radical (unpaired) electrons. The molecule has 0 unspecified atom stereocenters. The van der Waals surface area contributed by atoms with Crippen LogP contribution in [0.3, 0.4) is 0 Å². The van der Waals surface area contributed by atoms with Gasteiger partial charge in [-0.15, -0.1) is 11.8 Å². The lowest BCUT2D eigenvalue weighted by atomic mass is 10.2. The predicted octanol–water partition coefficient (Wildman–Crippen LogP) is 2.91. The van der Waals surface area contributed by atoms with Crippen LogP contribution in [0.4, 0.5) is 0 Å². The van der Waals surface area contributed by atoms with Crippen molar-refractivity contribution in [3.8, 4) is 0 Å². The van der Waals surface area contributed by atoms with Crippen LogP contribution in [-0.2, 0) is 4.79 Å². The van der Waals surface area contributed by atoms with Gasteiger partial charge in [-0.05, 0) is 19.5 Å². The maximum Gasteiger partial charge on any atom is 0.236 e. The smallest absolute Gasteiger partial charge is 0.236 e. The zero-order valence-corrected chi connectivity index (χ0v) is 12.8. The molecule has 0 aliphatic carbocycles. The van der Waals surface area contributed by atoms with Gasteiger partial charge in [0.05, 0.1) is 5.25 Å². The van der Waals surface area contributed by atoms with E-state index in [2.05, 4.69) is 12.2 Å². The average molecular weight is 299 g/mol. The summed E-state index contributed by atoms with van der Waals surface area (Å²) in [5, 5.41) is 4.03. The maximum absolute atomic E-state index is 12.2. The summed E-state index contributed by atoms with van der Waals surface area (Å²) in [4.78, 5) is 14.2. The first-order valence-electron chi connectivity index (χ1n) is 6.56. The van der Waals surface area contributed by atoms with E-state index in [0.29, 0.717) is 0 Å². The lowest BCUT2D eigenvalue weighted by molar-refractivity contribution is -0.129. The fourth-order valence-electron chi connectivity index (χ4n) is 2.19. The van der Waals surface area contributed by atoms with E-state index >= 15 is 0 Å². The van der Waals surface area contributed by atoms with Gasteiger partial charge in [-0.25, -0.2) is 0 Å². The molecule has 0 aromatic heterocycles. The van der Waals surface area contributed by atoms with Crippen molar-refractivity contribution in [1.29, 1.82) is 0 Å². The second-order valence-electron chi connectivity index (χ2n) is 4.54. The minimum absolute atomic E-state index is 0.00268. The van der Waals surface area contributed by atoms with Gasteiger partial charge in [0.15, 0.2) is 0 Å². The number of hydrogen-bond acceptors (Lipinski definition) is 3. The summed E-state index contributed by atoms with van der Waals surface area (Å²) >= 11 is 7.93. The number of likely N-dealkylation sites (N-methyl/N-ethyl adjacent to an activating group) is 1. The molecule has 2 rings (SSSR count). The molecule has 1 heterocycles. The fourth-order valence-corrected chi connectivity index (χ4v) is 3.85. The van der Waals surface area contributed by atoms with Crippen molar-refractivity contribution in [2.75, 3.05) is 19.6 Å². The summed E-state index contributed by atoms with van der Waals surface area (Å²) in [5.74, 6) is 0.202. The third-order valence-electron chi connectivity index (χ3n) is 3.20. The molecule has 1 fully saturated rings. The molecule has 2 atom stereocenters. The minimum atomic E-state index is 0.00268. The first kappa shape index (κ1) is 14.7. The lowest BCUT2D eigenvalue weighted by Gasteiger charge is -2.25. The maximum atomic E-state index is 12.2. The number of thioether (sulfide) groups is 1. The highest BCUT2D eigenvalue weighted by molar-refractivity contribution is 8.01. The SMILES string of the molecule is CCNCCN1C(=O)[C@@H](C)S[C@@H]1c1ccccc1Cl. The Balaban J connectivity index is 2.17. The highest BCUT2D eigenvalue weighted by Gasteiger charge is 2.38.